The average molecular weight is 413 g/mol. The van der Waals surface area contributed by atoms with Gasteiger partial charge in [-0.15, -0.1) is 11.3 Å². The molecular weight excluding hydrogens is 384 g/mol. The van der Waals surface area contributed by atoms with Crippen molar-refractivity contribution in [2.45, 2.75) is 45.8 Å². The normalized spacial score (nSPS) is 15.3. The first-order valence-corrected chi connectivity index (χ1v) is 11.1. The maximum Gasteiger partial charge on any atom is 0.222 e. The lowest BCUT2D eigenvalue weighted by atomic mass is 9.96. The van der Waals surface area contributed by atoms with Gasteiger partial charge in [0.2, 0.25) is 5.91 Å². The standard InChI is InChI=1S/C22H28N4O2S/c1-16-13-23-20(15-28-2)26(16)14-17-9-11-25(12-10-17)22(27)8-7-21-24-18-5-3-4-6-19(18)29-21/h3-6,13,17H,7-12,14-15H2,1-2H3. The number of piperidine rings is 1. The van der Waals surface area contributed by atoms with Crippen LogP contribution < -0.4 is 0 Å². The zero-order chi connectivity index (χ0) is 20.2. The van der Waals surface area contributed by atoms with E-state index < -0.39 is 0 Å². The number of para-hydroxylation sites is 1. The number of likely N-dealkylation sites (tertiary alicyclic amines) is 1. The van der Waals surface area contributed by atoms with Gasteiger partial charge in [0.05, 0.1) is 15.2 Å². The molecule has 1 amide bonds. The second-order valence-corrected chi connectivity index (χ2v) is 8.87. The number of imidazole rings is 1. The molecule has 1 fully saturated rings. The van der Waals surface area contributed by atoms with Gasteiger partial charge >= 0.3 is 0 Å². The Hall–Kier alpha value is -2.25. The molecule has 0 N–H and O–H groups in total. The average Bonchev–Trinajstić information content (AvgIpc) is 3.31. The lowest BCUT2D eigenvalue weighted by Gasteiger charge is -2.32. The molecular formula is C22H28N4O2S. The van der Waals surface area contributed by atoms with Crippen LogP contribution in [0.15, 0.2) is 30.5 Å². The Balaban J connectivity index is 1.27. The van der Waals surface area contributed by atoms with Crippen molar-refractivity contribution in [2.24, 2.45) is 5.92 Å². The third-order valence-corrected chi connectivity index (χ3v) is 6.81. The van der Waals surface area contributed by atoms with E-state index in [4.69, 9.17) is 4.74 Å². The molecule has 0 aliphatic carbocycles. The SMILES string of the molecule is COCc1ncc(C)n1CC1CCN(C(=O)CCc2nc3ccccc3s2)CC1. The van der Waals surface area contributed by atoms with Crippen molar-refractivity contribution >= 4 is 27.5 Å². The van der Waals surface area contributed by atoms with E-state index in [0.717, 1.165) is 55.2 Å². The van der Waals surface area contributed by atoms with Gasteiger partial charge in [-0.05, 0) is 37.8 Å². The predicted molar refractivity (Wildman–Crippen MR) is 115 cm³/mol. The van der Waals surface area contributed by atoms with E-state index in [0.29, 0.717) is 18.9 Å². The van der Waals surface area contributed by atoms with Crippen molar-refractivity contribution in [2.75, 3.05) is 20.2 Å². The summed E-state index contributed by atoms with van der Waals surface area (Å²) in [6.45, 7) is 5.27. The number of nitrogens with zero attached hydrogens (tertiary/aromatic N) is 4. The number of aromatic nitrogens is 3. The van der Waals surface area contributed by atoms with Gasteiger partial charge in [-0.3, -0.25) is 4.79 Å². The molecule has 0 atom stereocenters. The highest BCUT2D eigenvalue weighted by molar-refractivity contribution is 7.18. The summed E-state index contributed by atoms with van der Waals surface area (Å²) in [5.41, 5.74) is 2.20. The minimum Gasteiger partial charge on any atom is -0.377 e. The molecule has 1 aromatic carbocycles. The van der Waals surface area contributed by atoms with Crippen LogP contribution in [0.3, 0.4) is 0 Å². The minimum absolute atomic E-state index is 0.251. The molecule has 0 unspecified atom stereocenters. The second kappa shape index (κ2) is 9.05. The largest absolute Gasteiger partial charge is 0.377 e. The zero-order valence-corrected chi connectivity index (χ0v) is 18.0. The molecule has 1 aliphatic heterocycles. The van der Waals surface area contributed by atoms with Gasteiger partial charge in [-0.2, -0.15) is 0 Å². The molecule has 6 nitrogen and oxygen atoms in total. The lowest BCUT2D eigenvalue weighted by Crippen LogP contribution is -2.39. The number of rotatable bonds is 7. The van der Waals surface area contributed by atoms with E-state index in [9.17, 15) is 4.79 Å². The summed E-state index contributed by atoms with van der Waals surface area (Å²) in [5.74, 6) is 1.81. The summed E-state index contributed by atoms with van der Waals surface area (Å²) in [7, 11) is 1.70. The summed E-state index contributed by atoms with van der Waals surface area (Å²) in [5, 5.41) is 1.05. The maximum absolute atomic E-state index is 12.7. The van der Waals surface area contributed by atoms with Gasteiger partial charge < -0.3 is 14.2 Å². The highest BCUT2D eigenvalue weighted by atomic mass is 32.1. The van der Waals surface area contributed by atoms with Gasteiger partial charge in [0, 0.05) is 51.5 Å². The Bertz CT molecular complexity index is 939. The molecule has 154 valence electrons. The summed E-state index contributed by atoms with van der Waals surface area (Å²) in [6.07, 6.45) is 5.26. The number of carbonyl (C=O) groups is 1. The number of carbonyl (C=O) groups excluding carboxylic acids is 1. The fourth-order valence-electron chi connectivity index (χ4n) is 4.03. The molecule has 1 aliphatic rings. The summed E-state index contributed by atoms with van der Waals surface area (Å²) >= 11 is 1.69. The number of thiazole rings is 1. The van der Waals surface area contributed by atoms with Crippen LogP contribution in [0.5, 0.6) is 0 Å². The molecule has 29 heavy (non-hydrogen) atoms. The number of aryl methyl sites for hydroxylation is 2. The van der Waals surface area contributed by atoms with Crippen LogP contribution in [-0.2, 0) is 29.1 Å². The van der Waals surface area contributed by atoms with Crippen molar-refractivity contribution < 1.29 is 9.53 Å². The number of ether oxygens (including phenoxy) is 1. The lowest BCUT2D eigenvalue weighted by molar-refractivity contribution is -0.132. The van der Waals surface area contributed by atoms with Gasteiger partial charge in [-0.1, -0.05) is 12.1 Å². The zero-order valence-electron chi connectivity index (χ0n) is 17.1. The van der Waals surface area contributed by atoms with Gasteiger partial charge in [-0.25, -0.2) is 9.97 Å². The first kappa shape index (κ1) is 20.0. The number of amides is 1. The van der Waals surface area contributed by atoms with Gasteiger partial charge in [0.25, 0.3) is 0 Å². The maximum atomic E-state index is 12.7. The first-order valence-electron chi connectivity index (χ1n) is 10.3. The van der Waals surface area contributed by atoms with Crippen LogP contribution >= 0.6 is 11.3 Å². The van der Waals surface area contributed by atoms with Crippen molar-refractivity contribution in [1.29, 1.82) is 0 Å². The minimum atomic E-state index is 0.251. The molecule has 1 saturated heterocycles. The van der Waals surface area contributed by atoms with Crippen LogP contribution in [0.25, 0.3) is 10.2 Å². The van der Waals surface area contributed by atoms with E-state index in [-0.39, 0.29) is 5.91 Å². The van der Waals surface area contributed by atoms with E-state index in [1.54, 1.807) is 18.4 Å². The molecule has 3 aromatic rings. The third-order valence-electron chi connectivity index (χ3n) is 5.71. The van der Waals surface area contributed by atoms with Crippen molar-refractivity contribution in [3.8, 4) is 0 Å². The number of hydrogen-bond donors (Lipinski definition) is 0. The fourth-order valence-corrected chi connectivity index (χ4v) is 4.99. The molecule has 7 heteroatoms. The predicted octanol–water partition coefficient (Wildman–Crippen LogP) is 3.82. The van der Waals surface area contributed by atoms with E-state index in [1.807, 2.05) is 29.3 Å². The molecule has 2 aromatic heterocycles. The molecule has 0 bridgehead atoms. The molecule has 0 spiro atoms. The number of methoxy groups -OCH3 is 1. The Morgan fingerprint density at radius 3 is 2.83 bits per heavy atom. The van der Waals surface area contributed by atoms with Crippen molar-refractivity contribution in [1.82, 2.24) is 19.4 Å². The topological polar surface area (TPSA) is 60.2 Å². The highest BCUT2D eigenvalue weighted by Gasteiger charge is 2.24. The highest BCUT2D eigenvalue weighted by Crippen LogP contribution is 2.24. The van der Waals surface area contributed by atoms with E-state index in [1.165, 1.54) is 10.4 Å². The Labute approximate surface area is 175 Å². The molecule has 3 heterocycles. The van der Waals surface area contributed by atoms with Crippen molar-refractivity contribution in [3.05, 3.63) is 47.0 Å². The summed E-state index contributed by atoms with van der Waals surface area (Å²) in [6, 6.07) is 8.15. The molecule has 0 radical (unpaired) electrons. The monoisotopic (exact) mass is 412 g/mol. The number of benzene rings is 1. The third kappa shape index (κ3) is 4.67. The van der Waals surface area contributed by atoms with Gasteiger partial charge in [0.1, 0.15) is 12.4 Å². The number of fused-ring (bicyclic) bond motifs is 1. The van der Waals surface area contributed by atoms with Crippen LogP contribution in [-0.4, -0.2) is 45.5 Å². The molecule has 4 rings (SSSR count). The number of hydrogen-bond acceptors (Lipinski definition) is 5. The van der Waals surface area contributed by atoms with Crippen LogP contribution in [0.4, 0.5) is 0 Å². The Morgan fingerprint density at radius 2 is 2.07 bits per heavy atom. The fraction of sp³-hybridized carbons (Fsp3) is 0.500. The second-order valence-electron chi connectivity index (χ2n) is 7.76. The quantitative estimate of drug-likeness (QED) is 0.592. The summed E-state index contributed by atoms with van der Waals surface area (Å²) < 4.78 is 8.72. The Kier molecular flexibility index (Phi) is 6.25. The van der Waals surface area contributed by atoms with Gasteiger partial charge in [0.15, 0.2) is 0 Å². The van der Waals surface area contributed by atoms with Crippen LogP contribution in [0, 0.1) is 12.8 Å². The van der Waals surface area contributed by atoms with E-state index >= 15 is 0 Å². The van der Waals surface area contributed by atoms with Crippen molar-refractivity contribution in [3.63, 3.8) is 0 Å². The molecule has 0 saturated carbocycles. The Morgan fingerprint density at radius 1 is 1.28 bits per heavy atom. The summed E-state index contributed by atoms with van der Waals surface area (Å²) in [4.78, 5) is 23.8. The van der Waals surface area contributed by atoms with Crippen LogP contribution in [0.2, 0.25) is 0 Å². The van der Waals surface area contributed by atoms with E-state index in [2.05, 4.69) is 27.5 Å². The van der Waals surface area contributed by atoms with Crippen LogP contribution in [0.1, 0.15) is 35.8 Å². The smallest absolute Gasteiger partial charge is 0.222 e. The first-order chi connectivity index (χ1) is 14.1.